The summed E-state index contributed by atoms with van der Waals surface area (Å²) < 4.78 is 25.1. The highest BCUT2D eigenvalue weighted by Crippen LogP contribution is 2.28. The molecule has 0 atom stereocenters. The largest absolute Gasteiger partial charge is 0.466 e. The van der Waals surface area contributed by atoms with E-state index in [4.69, 9.17) is 18.9 Å². The number of methoxy groups -OCH3 is 1. The van der Waals surface area contributed by atoms with E-state index in [-0.39, 0.29) is 41.9 Å². The number of carbonyl (C=O) groups excluding carboxylic acids is 5. The molecule has 0 aliphatic heterocycles. The molecule has 1 aliphatic carbocycles. The summed E-state index contributed by atoms with van der Waals surface area (Å²) in [6, 6.07) is 16.7. The van der Waals surface area contributed by atoms with Crippen molar-refractivity contribution in [2.75, 3.05) is 20.3 Å². The van der Waals surface area contributed by atoms with E-state index >= 15 is 0 Å². The summed E-state index contributed by atoms with van der Waals surface area (Å²) in [4.78, 5) is 56.1. The molecule has 2 aromatic rings. The highest BCUT2D eigenvalue weighted by atomic mass is 16.6. The molecule has 0 amide bonds. The van der Waals surface area contributed by atoms with Crippen molar-refractivity contribution in [1.82, 2.24) is 0 Å². The van der Waals surface area contributed by atoms with Crippen molar-refractivity contribution in [1.29, 1.82) is 0 Å². The highest BCUT2D eigenvalue weighted by Gasteiger charge is 2.29. The molecule has 10 heteroatoms. The number of carbonyl (C=O) groups is 5. The summed E-state index contributed by atoms with van der Waals surface area (Å²) in [5.41, 5.74) is 2.98. The van der Waals surface area contributed by atoms with Crippen LogP contribution in [0.5, 0.6) is 5.75 Å². The summed E-state index contributed by atoms with van der Waals surface area (Å²) in [6.07, 6.45) is 9.93. The van der Waals surface area contributed by atoms with Crippen molar-refractivity contribution in [2.24, 2.45) is 5.92 Å². The molecule has 55 heavy (non-hydrogen) atoms. The number of benzene rings is 2. The van der Waals surface area contributed by atoms with E-state index in [1.54, 1.807) is 32.9 Å². The van der Waals surface area contributed by atoms with Crippen LogP contribution in [0, 0.1) is 5.92 Å². The first-order valence-electron chi connectivity index (χ1n) is 19.2. The monoisotopic (exact) mass is 764 g/mol. The van der Waals surface area contributed by atoms with E-state index in [2.05, 4.69) is 45.2 Å². The molecule has 0 saturated heterocycles. The fourth-order valence-electron chi connectivity index (χ4n) is 4.61. The van der Waals surface area contributed by atoms with E-state index in [0.717, 1.165) is 76.2 Å². The Hall–Kier alpha value is -4.99. The Kier molecular flexibility index (Phi) is 27.6. The molecule has 0 radical (unpaired) electrons. The molecule has 0 bridgehead atoms. The molecular weight excluding hydrogens is 700 g/mol. The third-order valence-corrected chi connectivity index (χ3v) is 7.97. The van der Waals surface area contributed by atoms with Crippen LogP contribution in [-0.4, -0.2) is 56.3 Å². The van der Waals surface area contributed by atoms with E-state index in [9.17, 15) is 24.0 Å². The van der Waals surface area contributed by atoms with Gasteiger partial charge in [-0.25, -0.2) is 19.2 Å². The van der Waals surface area contributed by atoms with Crippen molar-refractivity contribution >= 4 is 29.8 Å². The van der Waals surface area contributed by atoms with E-state index in [0.29, 0.717) is 41.2 Å². The van der Waals surface area contributed by atoms with Gasteiger partial charge in [0, 0.05) is 16.7 Å². The van der Waals surface area contributed by atoms with Gasteiger partial charge >= 0.3 is 29.8 Å². The van der Waals surface area contributed by atoms with Gasteiger partial charge in [-0.15, -0.1) is 0 Å². The summed E-state index contributed by atoms with van der Waals surface area (Å²) in [5.74, 6) is -0.745. The van der Waals surface area contributed by atoms with Gasteiger partial charge in [0.05, 0.1) is 31.8 Å². The molecule has 0 N–H and O–H groups in total. The second-order valence-corrected chi connectivity index (χ2v) is 13.2. The third kappa shape index (κ3) is 23.4. The Bertz CT molecular complexity index is 1490. The van der Waals surface area contributed by atoms with Gasteiger partial charge in [0.15, 0.2) is 0 Å². The molecule has 0 aromatic heterocycles. The summed E-state index contributed by atoms with van der Waals surface area (Å²) in [5, 5.41) is 0. The number of rotatable bonds is 16. The van der Waals surface area contributed by atoms with E-state index in [1.165, 1.54) is 7.11 Å². The van der Waals surface area contributed by atoms with Crippen LogP contribution >= 0.6 is 0 Å². The van der Waals surface area contributed by atoms with Gasteiger partial charge in [0.2, 0.25) is 0 Å². The SMILES string of the molecule is C=C(C)C(=O)OC.C=C(C)C(=O)OC1CCC(C(=O)OCCCC)CC1.C=C(C)C(=O)Oc1ccccc1CCCC.CCCCOC(=O)c1ccccc1. The first-order valence-corrected chi connectivity index (χ1v) is 19.2. The van der Waals surface area contributed by atoms with Gasteiger partial charge in [-0.2, -0.15) is 0 Å². The van der Waals surface area contributed by atoms with Crippen LogP contribution in [0.3, 0.4) is 0 Å². The molecule has 0 heterocycles. The zero-order valence-corrected chi connectivity index (χ0v) is 34.2. The lowest BCUT2D eigenvalue weighted by Crippen LogP contribution is -2.29. The number of aryl methyl sites for hydroxylation is 1. The predicted molar refractivity (Wildman–Crippen MR) is 216 cm³/mol. The molecule has 1 aliphatic rings. The molecule has 1 fully saturated rings. The van der Waals surface area contributed by atoms with Crippen LogP contribution in [0.25, 0.3) is 0 Å². The maximum Gasteiger partial charge on any atom is 0.338 e. The fraction of sp³-hybridized carbons (Fsp3) is 0.489. The lowest BCUT2D eigenvalue weighted by atomic mass is 9.87. The minimum absolute atomic E-state index is 0.0309. The summed E-state index contributed by atoms with van der Waals surface area (Å²) >= 11 is 0. The summed E-state index contributed by atoms with van der Waals surface area (Å²) in [6.45, 7) is 22.7. The standard InChI is InChI=1S/C15H24O4.C14H18O2.C11H14O2.C5H8O2/c1-4-5-10-18-15(17)12-6-8-13(9-7-12)19-14(16)11(2)3;1-4-5-8-12-9-6-7-10-13(12)16-14(15)11(2)3;1-2-3-9-13-11(12)10-7-5-4-6-8-10;1-4(2)5(6)7-3/h12-13H,2,4-10H2,1,3H3;6-7,9-10H,2,4-5,8H2,1,3H3;4-8H,2-3,9H2,1H3;1H2,2-3H3. The molecular formula is C45H64O10. The number of unbranched alkanes of at least 4 members (excludes halogenated alkanes) is 3. The van der Waals surface area contributed by atoms with Gasteiger partial charge < -0.3 is 23.7 Å². The molecule has 0 unspecified atom stereocenters. The second-order valence-electron chi connectivity index (χ2n) is 13.2. The Morgan fingerprint density at radius 3 is 1.64 bits per heavy atom. The van der Waals surface area contributed by atoms with Gasteiger partial charge in [0.25, 0.3) is 0 Å². The second kappa shape index (κ2) is 30.3. The topological polar surface area (TPSA) is 132 Å². The zero-order valence-electron chi connectivity index (χ0n) is 34.2. The van der Waals surface area contributed by atoms with Crippen molar-refractivity contribution in [3.05, 3.63) is 102 Å². The summed E-state index contributed by atoms with van der Waals surface area (Å²) in [7, 11) is 1.33. The smallest absolute Gasteiger partial charge is 0.338 e. The Morgan fingerprint density at radius 2 is 1.15 bits per heavy atom. The third-order valence-electron chi connectivity index (χ3n) is 7.97. The maximum atomic E-state index is 11.8. The first-order chi connectivity index (χ1) is 26.2. The maximum absolute atomic E-state index is 11.8. The number of hydrogen-bond acceptors (Lipinski definition) is 10. The quantitative estimate of drug-likeness (QED) is 0.0535. The minimum Gasteiger partial charge on any atom is -0.466 e. The van der Waals surface area contributed by atoms with Gasteiger partial charge in [-0.3, -0.25) is 4.79 Å². The van der Waals surface area contributed by atoms with E-state index in [1.807, 2.05) is 42.5 Å². The predicted octanol–water partition coefficient (Wildman–Crippen LogP) is 9.90. The van der Waals surface area contributed by atoms with Crippen LogP contribution in [0.4, 0.5) is 0 Å². The Morgan fingerprint density at radius 1 is 0.636 bits per heavy atom. The van der Waals surface area contributed by atoms with Gasteiger partial charge in [-0.1, -0.05) is 96.2 Å². The Labute approximate surface area is 329 Å². The van der Waals surface area contributed by atoms with Gasteiger partial charge in [0.1, 0.15) is 11.9 Å². The lowest BCUT2D eigenvalue weighted by Gasteiger charge is -2.27. The number of ether oxygens (including phenoxy) is 5. The van der Waals surface area contributed by atoms with Crippen LogP contribution in [0.15, 0.2) is 91.1 Å². The number of para-hydroxylation sites is 1. The average Bonchev–Trinajstić information content (AvgIpc) is 3.18. The van der Waals surface area contributed by atoms with Crippen molar-refractivity contribution < 1.29 is 47.7 Å². The Balaban J connectivity index is 0.000000741. The number of esters is 5. The number of hydrogen-bond donors (Lipinski definition) is 0. The molecule has 304 valence electrons. The first kappa shape index (κ1) is 50.0. The molecule has 0 spiro atoms. The van der Waals surface area contributed by atoms with Crippen molar-refractivity contribution in [3.8, 4) is 5.75 Å². The van der Waals surface area contributed by atoms with Crippen LogP contribution in [-0.2, 0) is 44.5 Å². The zero-order chi connectivity index (χ0) is 41.6. The normalized spacial score (nSPS) is 13.9. The van der Waals surface area contributed by atoms with Crippen LogP contribution in [0.2, 0.25) is 0 Å². The molecule has 1 saturated carbocycles. The molecule has 10 nitrogen and oxygen atoms in total. The minimum atomic E-state index is -0.357. The van der Waals surface area contributed by atoms with Crippen LogP contribution < -0.4 is 4.74 Å². The van der Waals surface area contributed by atoms with Crippen LogP contribution in [0.1, 0.15) is 122 Å². The molecule has 2 aromatic carbocycles. The fourth-order valence-corrected chi connectivity index (χ4v) is 4.61. The highest BCUT2D eigenvalue weighted by molar-refractivity contribution is 5.89. The molecule has 3 rings (SSSR count). The van der Waals surface area contributed by atoms with Gasteiger partial charge in [-0.05, 0) is 95.9 Å². The average molecular weight is 765 g/mol. The lowest BCUT2D eigenvalue weighted by molar-refractivity contribution is -0.153. The van der Waals surface area contributed by atoms with E-state index < -0.39 is 0 Å². The van der Waals surface area contributed by atoms with Crippen molar-refractivity contribution in [3.63, 3.8) is 0 Å². The van der Waals surface area contributed by atoms with Crippen molar-refractivity contribution in [2.45, 2.75) is 118 Å².